The summed E-state index contributed by atoms with van der Waals surface area (Å²) in [5, 5.41) is 10.8. The van der Waals surface area contributed by atoms with E-state index in [0.717, 1.165) is 17.7 Å². The van der Waals surface area contributed by atoms with Gasteiger partial charge < -0.3 is 10.0 Å². The Bertz CT molecular complexity index is 246. The van der Waals surface area contributed by atoms with Crippen molar-refractivity contribution >= 4 is 34.0 Å². The summed E-state index contributed by atoms with van der Waals surface area (Å²) in [7, 11) is 3.23. The van der Waals surface area contributed by atoms with Crippen molar-refractivity contribution in [2.24, 2.45) is 0 Å². The van der Waals surface area contributed by atoms with Crippen LogP contribution < -0.4 is 0 Å². The molecule has 0 saturated heterocycles. The minimum absolute atomic E-state index is 0.296. The zero-order valence-electron chi connectivity index (χ0n) is 9.46. The fourth-order valence-electron chi connectivity index (χ4n) is 0.966. The molecule has 0 aromatic carbocycles. The highest BCUT2D eigenvalue weighted by molar-refractivity contribution is 8.78. The summed E-state index contributed by atoms with van der Waals surface area (Å²) in [6.45, 7) is 3.98. The van der Waals surface area contributed by atoms with Crippen LogP contribution in [0.5, 0.6) is 0 Å². The third kappa shape index (κ3) is 8.67. The van der Waals surface area contributed by atoms with Gasteiger partial charge in [-0.05, 0) is 11.8 Å². The third-order valence-electron chi connectivity index (χ3n) is 1.68. The van der Waals surface area contributed by atoms with Crippen LogP contribution in [0.2, 0.25) is 0 Å². The van der Waals surface area contributed by atoms with Crippen LogP contribution in [0.3, 0.4) is 0 Å². The molecule has 1 N–H and O–H groups in total. The standard InChI is InChI=1S/C10H17NO3S2/c1-3-4-9(2)16-15-6-5-11(8-12)7-10(13)14/h5-6,8-9H,3-4,7H2,1-2H3,(H,13,14)/b6-5+. The van der Waals surface area contributed by atoms with Gasteiger partial charge in [-0.2, -0.15) is 0 Å². The molecule has 0 heterocycles. The molecule has 0 aliphatic heterocycles. The van der Waals surface area contributed by atoms with E-state index >= 15 is 0 Å². The van der Waals surface area contributed by atoms with E-state index in [2.05, 4.69) is 13.8 Å². The predicted octanol–water partition coefficient (Wildman–Crippen LogP) is 2.57. The highest BCUT2D eigenvalue weighted by Crippen LogP contribution is 2.29. The average Bonchev–Trinajstić information content (AvgIpc) is 2.22. The highest BCUT2D eigenvalue weighted by atomic mass is 33.1. The van der Waals surface area contributed by atoms with Crippen molar-refractivity contribution in [3.63, 3.8) is 0 Å². The average molecular weight is 263 g/mol. The first-order valence-corrected chi connectivity index (χ1v) is 7.29. The lowest BCUT2D eigenvalue weighted by molar-refractivity contribution is -0.139. The van der Waals surface area contributed by atoms with Gasteiger partial charge in [-0.1, -0.05) is 41.9 Å². The number of carbonyl (C=O) groups excluding carboxylic acids is 1. The smallest absolute Gasteiger partial charge is 0.323 e. The van der Waals surface area contributed by atoms with Crippen LogP contribution in [-0.2, 0) is 9.59 Å². The van der Waals surface area contributed by atoms with Crippen molar-refractivity contribution in [2.45, 2.75) is 31.9 Å². The van der Waals surface area contributed by atoms with Gasteiger partial charge in [-0.15, -0.1) is 0 Å². The minimum atomic E-state index is -1.02. The van der Waals surface area contributed by atoms with Crippen molar-refractivity contribution < 1.29 is 14.7 Å². The normalized spacial score (nSPS) is 12.6. The number of carboxylic acids is 1. The molecule has 0 aromatic rings. The number of aliphatic carboxylic acids is 1. The number of hydrogen-bond donors (Lipinski definition) is 1. The Balaban J connectivity index is 3.79. The number of carbonyl (C=O) groups is 2. The first-order chi connectivity index (χ1) is 7.60. The Hall–Kier alpha value is -0.620. The fraction of sp³-hybridized carbons (Fsp3) is 0.600. The molecule has 0 spiro atoms. The SMILES string of the molecule is CCCC(C)SS/C=C/N(C=O)CC(=O)O. The number of nitrogens with zero attached hydrogens (tertiary/aromatic N) is 1. The van der Waals surface area contributed by atoms with Gasteiger partial charge in [0.25, 0.3) is 0 Å². The molecule has 1 unspecified atom stereocenters. The molecule has 0 bridgehead atoms. The van der Waals surface area contributed by atoms with Gasteiger partial charge in [0, 0.05) is 11.4 Å². The van der Waals surface area contributed by atoms with Crippen LogP contribution in [0.25, 0.3) is 0 Å². The van der Waals surface area contributed by atoms with Crippen LogP contribution in [0.4, 0.5) is 0 Å². The maximum absolute atomic E-state index is 10.5. The van der Waals surface area contributed by atoms with Gasteiger partial charge >= 0.3 is 5.97 Å². The maximum Gasteiger partial charge on any atom is 0.323 e. The zero-order valence-corrected chi connectivity index (χ0v) is 11.1. The van der Waals surface area contributed by atoms with Crippen LogP contribution in [0, 0.1) is 0 Å². The van der Waals surface area contributed by atoms with E-state index in [1.807, 2.05) is 0 Å². The van der Waals surface area contributed by atoms with Crippen LogP contribution >= 0.6 is 21.6 Å². The lowest BCUT2D eigenvalue weighted by atomic mass is 10.3. The van der Waals surface area contributed by atoms with E-state index in [1.165, 1.54) is 17.0 Å². The Labute approximate surface area is 104 Å². The molecule has 1 atom stereocenters. The first-order valence-electron chi connectivity index (χ1n) is 5.01. The van der Waals surface area contributed by atoms with E-state index in [1.54, 1.807) is 16.2 Å². The summed E-state index contributed by atoms with van der Waals surface area (Å²) in [5.41, 5.74) is 0. The maximum atomic E-state index is 10.5. The summed E-state index contributed by atoms with van der Waals surface area (Å²) >= 11 is 0. The quantitative estimate of drug-likeness (QED) is 0.512. The molecule has 0 saturated carbocycles. The second kappa shape index (κ2) is 9.59. The molecule has 4 nitrogen and oxygen atoms in total. The number of hydrogen-bond acceptors (Lipinski definition) is 4. The second-order valence-electron chi connectivity index (χ2n) is 3.25. The molecule has 0 aliphatic rings. The molecule has 6 heteroatoms. The molecule has 0 aromatic heterocycles. The van der Waals surface area contributed by atoms with Gasteiger partial charge in [0.2, 0.25) is 6.41 Å². The van der Waals surface area contributed by atoms with Crippen molar-refractivity contribution in [2.75, 3.05) is 6.54 Å². The van der Waals surface area contributed by atoms with Crippen molar-refractivity contribution in [3.05, 3.63) is 11.6 Å². The molecular formula is C10H17NO3S2. The van der Waals surface area contributed by atoms with Crippen molar-refractivity contribution in [1.82, 2.24) is 4.90 Å². The van der Waals surface area contributed by atoms with E-state index in [9.17, 15) is 9.59 Å². The van der Waals surface area contributed by atoms with Crippen LogP contribution in [-0.4, -0.2) is 34.2 Å². The molecule has 16 heavy (non-hydrogen) atoms. The van der Waals surface area contributed by atoms with E-state index in [4.69, 9.17) is 5.11 Å². The van der Waals surface area contributed by atoms with Crippen LogP contribution in [0.15, 0.2) is 11.6 Å². The second-order valence-corrected chi connectivity index (χ2v) is 5.86. The van der Waals surface area contributed by atoms with E-state index in [-0.39, 0.29) is 6.54 Å². The van der Waals surface area contributed by atoms with Crippen molar-refractivity contribution in [1.29, 1.82) is 0 Å². The molecule has 0 fully saturated rings. The number of rotatable bonds is 9. The largest absolute Gasteiger partial charge is 0.480 e. The molecule has 0 radical (unpaired) electrons. The van der Waals surface area contributed by atoms with Crippen LogP contribution in [0.1, 0.15) is 26.7 Å². The summed E-state index contributed by atoms with van der Waals surface area (Å²) in [6, 6.07) is 0. The lowest BCUT2D eigenvalue weighted by Crippen LogP contribution is -2.22. The topological polar surface area (TPSA) is 57.6 Å². The minimum Gasteiger partial charge on any atom is -0.480 e. The lowest BCUT2D eigenvalue weighted by Gasteiger charge is -2.08. The van der Waals surface area contributed by atoms with Gasteiger partial charge in [0.15, 0.2) is 0 Å². The molecule has 92 valence electrons. The van der Waals surface area contributed by atoms with Gasteiger partial charge in [0.1, 0.15) is 6.54 Å². The number of amides is 1. The molecule has 0 aliphatic carbocycles. The summed E-state index contributed by atoms with van der Waals surface area (Å²) in [6.07, 6.45) is 4.29. The zero-order chi connectivity index (χ0) is 12.4. The summed E-state index contributed by atoms with van der Waals surface area (Å²) < 4.78 is 0. The number of carboxylic acid groups (broad SMARTS) is 1. The van der Waals surface area contributed by atoms with Gasteiger partial charge in [-0.25, -0.2) is 0 Å². The Morgan fingerprint density at radius 3 is 2.75 bits per heavy atom. The Morgan fingerprint density at radius 2 is 2.25 bits per heavy atom. The Morgan fingerprint density at radius 1 is 1.56 bits per heavy atom. The molecular weight excluding hydrogens is 246 g/mol. The summed E-state index contributed by atoms with van der Waals surface area (Å²) in [5.74, 6) is -1.02. The van der Waals surface area contributed by atoms with Gasteiger partial charge in [-0.3, -0.25) is 9.59 Å². The molecule has 0 rings (SSSR count). The Kier molecular flexibility index (Phi) is 9.22. The highest BCUT2D eigenvalue weighted by Gasteiger charge is 2.03. The molecule has 1 amide bonds. The van der Waals surface area contributed by atoms with E-state index in [0.29, 0.717) is 11.7 Å². The van der Waals surface area contributed by atoms with E-state index < -0.39 is 5.97 Å². The monoisotopic (exact) mass is 263 g/mol. The predicted molar refractivity (Wildman–Crippen MR) is 69.1 cm³/mol. The van der Waals surface area contributed by atoms with Gasteiger partial charge in [0.05, 0.1) is 0 Å². The first kappa shape index (κ1) is 15.4. The third-order valence-corrected chi connectivity index (χ3v) is 4.24. The van der Waals surface area contributed by atoms with Crippen molar-refractivity contribution in [3.8, 4) is 0 Å². The fourth-order valence-corrected chi connectivity index (χ4v) is 2.96. The summed E-state index contributed by atoms with van der Waals surface area (Å²) in [4.78, 5) is 21.9.